The Kier molecular flexibility index (Phi) is 4.19. The van der Waals surface area contributed by atoms with E-state index in [1.807, 2.05) is 0 Å². The molecular weight excluding hydrogens is 208 g/mol. The van der Waals surface area contributed by atoms with E-state index in [4.69, 9.17) is 5.73 Å². The van der Waals surface area contributed by atoms with E-state index in [0.29, 0.717) is 12.0 Å². The van der Waals surface area contributed by atoms with Gasteiger partial charge in [-0.25, -0.2) is 0 Å². The topological polar surface area (TPSA) is 29.3 Å². The summed E-state index contributed by atoms with van der Waals surface area (Å²) in [6, 6.07) is 9.42. The van der Waals surface area contributed by atoms with Crippen molar-refractivity contribution in [2.24, 2.45) is 5.73 Å². The Morgan fingerprint density at radius 2 is 1.59 bits per heavy atom. The van der Waals surface area contributed by atoms with Gasteiger partial charge in [-0.15, -0.1) is 0 Å². The van der Waals surface area contributed by atoms with Crippen LogP contribution < -0.4 is 5.73 Å². The lowest BCUT2D eigenvalue weighted by Crippen LogP contribution is -2.31. The lowest BCUT2D eigenvalue weighted by Gasteiger charge is -2.26. The van der Waals surface area contributed by atoms with Crippen LogP contribution in [0.2, 0.25) is 0 Å². The van der Waals surface area contributed by atoms with E-state index in [0.717, 1.165) is 6.54 Å². The van der Waals surface area contributed by atoms with E-state index in [1.54, 1.807) is 0 Å². The van der Waals surface area contributed by atoms with Crippen molar-refractivity contribution in [1.29, 1.82) is 0 Å². The Bertz CT molecular complexity index is 336. The summed E-state index contributed by atoms with van der Waals surface area (Å²) in [4.78, 5) is 2.52. The van der Waals surface area contributed by atoms with Crippen LogP contribution in [0.25, 0.3) is 0 Å². The number of likely N-dealkylation sites (tertiary alicyclic amines) is 1. The molecule has 0 unspecified atom stereocenters. The van der Waals surface area contributed by atoms with Gasteiger partial charge in [0.1, 0.15) is 0 Å². The van der Waals surface area contributed by atoms with Gasteiger partial charge in [-0.3, -0.25) is 4.90 Å². The molecule has 17 heavy (non-hydrogen) atoms. The molecule has 0 saturated carbocycles. The van der Waals surface area contributed by atoms with Crippen molar-refractivity contribution >= 4 is 0 Å². The van der Waals surface area contributed by atoms with Crippen LogP contribution in [0, 0.1) is 0 Å². The molecule has 0 radical (unpaired) electrons. The number of hydrogen-bond donors (Lipinski definition) is 1. The van der Waals surface area contributed by atoms with Crippen molar-refractivity contribution in [3.63, 3.8) is 0 Å². The second-order valence-corrected chi connectivity index (χ2v) is 5.32. The van der Waals surface area contributed by atoms with Crippen LogP contribution >= 0.6 is 0 Å². The van der Waals surface area contributed by atoms with Crippen LogP contribution in [-0.2, 0) is 0 Å². The van der Waals surface area contributed by atoms with E-state index < -0.39 is 0 Å². The van der Waals surface area contributed by atoms with Gasteiger partial charge in [-0.2, -0.15) is 0 Å². The third-order valence-electron chi connectivity index (χ3n) is 3.79. The Balaban J connectivity index is 2.13. The van der Waals surface area contributed by atoms with E-state index >= 15 is 0 Å². The Morgan fingerprint density at radius 3 is 2.06 bits per heavy atom. The van der Waals surface area contributed by atoms with Gasteiger partial charge in [0.25, 0.3) is 0 Å². The monoisotopic (exact) mass is 232 g/mol. The minimum absolute atomic E-state index is 0.415. The molecule has 0 spiro atoms. The van der Waals surface area contributed by atoms with Gasteiger partial charge in [0.15, 0.2) is 0 Å². The fourth-order valence-electron chi connectivity index (χ4n) is 2.65. The van der Waals surface area contributed by atoms with Crippen molar-refractivity contribution in [2.75, 3.05) is 19.6 Å². The van der Waals surface area contributed by atoms with E-state index in [2.05, 4.69) is 43.0 Å². The van der Waals surface area contributed by atoms with Crippen molar-refractivity contribution < 1.29 is 0 Å². The van der Waals surface area contributed by atoms with Gasteiger partial charge in [-0.1, -0.05) is 38.1 Å². The molecule has 0 aliphatic carbocycles. The molecule has 1 atom stereocenters. The smallest absolute Gasteiger partial charge is 0.0470 e. The molecule has 2 rings (SSSR count). The molecule has 2 heteroatoms. The Morgan fingerprint density at radius 1 is 1.06 bits per heavy atom. The summed E-state index contributed by atoms with van der Waals surface area (Å²) in [6.45, 7) is 7.59. The first kappa shape index (κ1) is 12.6. The molecule has 1 aromatic rings. The lowest BCUT2D eigenvalue weighted by molar-refractivity contribution is 0.251. The number of rotatable bonds is 4. The van der Waals surface area contributed by atoms with Crippen LogP contribution in [0.3, 0.4) is 0 Å². The van der Waals surface area contributed by atoms with Crippen LogP contribution in [0.4, 0.5) is 0 Å². The highest BCUT2D eigenvalue weighted by Crippen LogP contribution is 2.25. The molecule has 1 heterocycles. The summed E-state index contributed by atoms with van der Waals surface area (Å²) in [5, 5.41) is 0. The first-order chi connectivity index (χ1) is 8.22. The predicted molar refractivity (Wildman–Crippen MR) is 73.1 cm³/mol. The fraction of sp³-hybridized carbons (Fsp3) is 0.600. The van der Waals surface area contributed by atoms with E-state index in [-0.39, 0.29) is 0 Å². The minimum atomic E-state index is 0.415. The third-order valence-corrected chi connectivity index (χ3v) is 3.79. The zero-order chi connectivity index (χ0) is 12.3. The molecule has 2 nitrogen and oxygen atoms in total. The molecule has 0 bridgehead atoms. The van der Waals surface area contributed by atoms with Gasteiger partial charge < -0.3 is 5.73 Å². The molecular formula is C15H24N2. The molecule has 1 aliphatic rings. The SMILES string of the molecule is CC(C)c1ccc([C@H](CN)N2CCCC2)cc1. The summed E-state index contributed by atoms with van der Waals surface area (Å²) >= 11 is 0. The predicted octanol–water partition coefficient (Wildman–Crippen LogP) is 2.91. The average molecular weight is 232 g/mol. The van der Waals surface area contributed by atoms with Gasteiger partial charge in [0.2, 0.25) is 0 Å². The second kappa shape index (κ2) is 5.65. The molecule has 0 amide bonds. The van der Waals surface area contributed by atoms with Gasteiger partial charge in [-0.05, 0) is 43.0 Å². The van der Waals surface area contributed by atoms with Crippen molar-refractivity contribution in [3.05, 3.63) is 35.4 Å². The zero-order valence-electron chi connectivity index (χ0n) is 11.0. The number of nitrogens with two attached hydrogens (primary N) is 1. The summed E-state index contributed by atoms with van der Waals surface area (Å²) in [5.74, 6) is 0.604. The van der Waals surface area contributed by atoms with Gasteiger partial charge in [0.05, 0.1) is 0 Å². The highest BCUT2D eigenvalue weighted by atomic mass is 15.2. The van der Waals surface area contributed by atoms with Crippen LogP contribution in [0.15, 0.2) is 24.3 Å². The largest absolute Gasteiger partial charge is 0.329 e. The maximum Gasteiger partial charge on any atom is 0.0470 e. The molecule has 1 aliphatic heterocycles. The molecule has 94 valence electrons. The maximum absolute atomic E-state index is 5.94. The summed E-state index contributed by atoms with van der Waals surface area (Å²) in [5.41, 5.74) is 8.72. The van der Waals surface area contributed by atoms with Crippen LogP contribution in [0.1, 0.15) is 49.8 Å². The molecule has 1 fully saturated rings. The fourth-order valence-corrected chi connectivity index (χ4v) is 2.65. The minimum Gasteiger partial charge on any atom is -0.329 e. The normalized spacial score (nSPS) is 18.8. The van der Waals surface area contributed by atoms with Crippen molar-refractivity contribution in [1.82, 2.24) is 4.90 Å². The first-order valence-corrected chi connectivity index (χ1v) is 6.76. The average Bonchev–Trinajstić information content (AvgIpc) is 2.84. The zero-order valence-corrected chi connectivity index (χ0v) is 11.0. The van der Waals surface area contributed by atoms with Crippen LogP contribution in [-0.4, -0.2) is 24.5 Å². The first-order valence-electron chi connectivity index (χ1n) is 6.76. The van der Waals surface area contributed by atoms with Crippen molar-refractivity contribution in [2.45, 2.75) is 38.6 Å². The molecule has 2 N–H and O–H groups in total. The van der Waals surface area contributed by atoms with E-state index in [9.17, 15) is 0 Å². The maximum atomic E-state index is 5.94. The highest BCUT2D eigenvalue weighted by molar-refractivity contribution is 5.27. The number of hydrogen-bond acceptors (Lipinski definition) is 2. The third kappa shape index (κ3) is 2.88. The second-order valence-electron chi connectivity index (χ2n) is 5.32. The van der Waals surface area contributed by atoms with Crippen molar-refractivity contribution in [3.8, 4) is 0 Å². The number of benzene rings is 1. The molecule has 1 aromatic carbocycles. The standard InChI is InChI=1S/C15H24N2/c1-12(2)13-5-7-14(8-6-13)15(11-16)17-9-3-4-10-17/h5-8,12,15H,3-4,9-11,16H2,1-2H3/t15-/m0/s1. The van der Waals surface area contributed by atoms with Gasteiger partial charge in [0, 0.05) is 12.6 Å². The van der Waals surface area contributed by atoms with Crippen LogP contribution in [0.5, 0.6) is 0 Å². The molecule has 1 saturated heterocycles. The Labute approximate surface area is 105 Å². The Hall–Kier alpha value is -0.860. The summed E-state index contributed by atoms with van der Waals surface area (Å²) in [7, 11) is 0. The van der Waals surface area contributed by atoms with E-state index in [1.165, 1.54) is 37.1 Å². The quantitative estimate of drug-likeness (QED) is 0.865. The summed E-state index contributed by atoms with van der Waals surface area (Å²) in [6.07, 6.45) is 2.64. The number of nitrogens with zero attached hydrogens (tertiary/aromatic N) is 1. The van der Waals surface area contributed by atoms with Gasteiger partial charge >= 0.3 is 0 Å². The molecule has 0 aromatic heterocycles. The lowest BCUT2D eigenvalue weighted by atomic mass is 9.98. The highest BCUT2D eigenvalue weighted by Gasteiger charge is 2.21. The summed E-state index contributed by atoms with van der Waals surface area (Å²) < 4.78 is 0.